The second-order valence-corrected chi connectivity index (χ2v) is 8.06. The summed E-state index contributed by atoms with van der Waals surface area (Å²) in [6.07, 6.45) is 0.453. The molecule has 0 radical (unpaired) electrons. The predicted octanol–water partition coefficient (Wildman–Crippen LogP) is 2.06. The molecule has 1 saturated heterocycles. The highest BCUT2D eigenvalue weighted by molar-refractivity contribution is 5.81. The lowest BCUT2D eigenvalue weighted by Gasteiger charge is -2.32. The van der Waals surface area contributed by atoms with Crippen LogP contribution in [0.5, 0.6) is 5.75 Å². The van der Waals surface area contributed by atoms with Gasteiger partial charge in [-0.05, 0) is 44.9 Å². The highest BCUT2D eigenvalue weighted by Crippen LogP contribution is 2.19. The van der Waals surface area contributed by atoms with E-state index in [1.54, 1.807) is 0 Å². The fourth-order valence-corrected chi connectivity index (χ4v) is 3.78. The molecule has 2 N–H and O–H groups in total. The van der Waals surface area contributed by atoms with E-state index in [-0.39, 0.29) is 17.6 Å². The highest BCUT2D eigenvalue weighted by Gasteiger charge is 2.27. The van der Waals surface area contributed by atoms with Crippen LogP contribution in [0.25, 0.3) is 10.9 Å². The first kappa shape index (κ1) is 18.9. The molecule has 1 fully saturated rings. The normalized spacial score (nSPS) is 23.5. The van der Waals surface area contributed by atoms with Crippen LogP contribution < -0.4 is 15.1 Å². The van der Waals surface area contributed by atoms with Crippen molar-refractivity contribution in [1.29, 1.82) is 0 Å². The van der Waals surface area contributed by atoms with Crippen LogP contribution >= 0.6 is 0 Å². The summed E-state index contributed by atoms with van der Waals surface area (Å²) < 4.78 is 11.6. The van der Waals surface area contributed by atoms with E-state index in [0.717, 1.165) is 42.2 Å². The molecule has 0 saturated carbocycles. The minimum absolute atomic E-state index is 0.116. The van der Waals surface area contributed by atoms with Gasteiger partial charge >= 0.3 is 0 Å². The third-order valence-electron chi connectivity index (χ3n) is 4.91. The van der Waals surface area contributed by atoms with Gasteiger partial charge in [-0.25, -0.2) is 0 Å². The number of benzene rings is 1. The number of nitrogens with one attached hydrogen (secondary N) is 2. The SMILES string of the molecule is Cc1[nH]c2ccc(OCC(C)C)cc2c(=O)c1C[NH+]1C[C@@H](C)O[C@H](C)C1. The fraction of sp³-hybridized carbons (Fsp3) is 0.571. The molecule has 142 valence electrons. The minimum Gasteiger partial charge on any atom is -0.493 e. The molecule has 1 aliphatic heterocycles. The monoisotopic (exact) mass is 359 g/mol. The number of morpholine rings is 1. The van der Waals surface area contributed by atoms with Gasteiger partial charge in [-0.2, -0.15) is 0 Å². The Morgan fingerprint density at radius 3 is 2.62 bits per heavy atom. The summed E-state index contributed by atoms with van der Waals surface area (Å²) in [5.41, 5.74) is 2.81. The summed E-state index contributed by atoms with van der Waals surface area (Å²) in [6, 6.07) is 5.74. The number of ether oxygens (including phenoxy) is 2. The molecule has 0 spiro atoms. The van der Waals surface area contributed by atoms with Crippen LogP contribution in [0.4, 0.5) is 0 Å². The predicted molar refractivity (Wildman–Crippen MR) is 104 cm³/mol. The second kappa shape index (κ2) is 7.80. The first-order valence-electron chi connectivity index (χ1n) is 9.60. The first-order chi connectivity index (χ1) is 12.3. The zero-order valence-electron chi connectivity index (χ0n) is 16.5. The van der Waals surface area contributed by atoms with Gasteiger partial charge in [-0.15, -0.1) is 0 Å². The van der Waals surface area contributed by atoms with Gasteiger partial charge in [0, 0.05) is 16.6 Å². The van der Waals surface area contributed by atoms with Gasteiger partial charge in [0.05, 0.1) is 12.2 Å². The molecular weight excluding hydrogens is 328 g/mol. The van der Waals surface area contributed by atoms with E-state index in [1.807, 2.05) is 25.1 Å². The Balaban J connectivity index is 1.91. The number of pyridine rings is 1. The lowest BCUT2D eigenvalue weighted by molar-refractivity contribution is -0.928. The second-order valence-electron chi connectivity index (χ2n) is 8.06. The number of aromatic amines is 1. The number of hydrogen-bond acceptors (Lipinski definition) is 3. The van der Waals surface area contributed by atoms with Crippen LogP contribution in [0.1, 0.15) is 39.0 Å². The highest BCUT2D eigenvalue weighted by atomic mass is 16.5. The van der Waals surface area contributed by atoms with Crippen molar-refractivity contribution in [3.63, 3.8) is 0 Å². The van der Waals surface area contributed by atoms with Crippen LogP contribution in [0.15, 0.2) is 23.0 Å². The van der Waals surface area contributed by atoms with Gasteiger partial charge in [-0.3, -0.25) is 4.79 Å². The van der Waals surface area contributed by atoms with Crippen molar-refractivity contribution in [2.24, 2.45) is 5.92 Å². The molecule has 1 aliphatic rings. The molecular formula is C21H31N2O3+. The molecule has 1 aromatic carbocycles. The Morgan fingerprint density at radius 2 is 1.96 bits per heavy atom. The van der Waals surface area contributed by atoms with Crippen LogP contribution in [0.2, 0.25) is 0 Å². The van der Waals surface area contributed by atoms with E-state index in [4.69, 9.17) is 9.47 Å². The summed E-state index contributed by atoms with van der Waals surface area (Å²) in [5, 5.41) is 0.709. The fourth-order valence-electron chi connectivity index (χ4n) is 3.78. The topological polar surface area (TPSA) is 55.8 Å². The van der Waals surface area contributed by atoms with Crippen LogP contribution in [-0.4, -0.2) is 36.9 Å². The average molecular weight is 359 g/mol. The maximum absolute atomic E-state index is 13.2. The molecule has 2 heterocycles. The summed E-state index contributed by atoms with van der Waals surface area (Å²) in [7, 11) is 0. The third-order valence-corrected chi connectivity index (χ3v) is 4.91. The molecule has 26 heavy (non-hydrogen) atoms. The van der Waals surface area contributed by atoms with Gasteiger partial charge in [0.1, 0.15) is 37.6 Å². The Labute approximate surface area is 155 Å². The summed E-state index contributed by atoms with van der Waals surface area (Å²) in [6.45, 7) is 13.7. The van der Waals surface area contributed by atoms with Crippen molar-refractivity contribution in [1.82, 2.24) is 4.98 Å². The van der Waals surface area contributed by atoms with Crippen LogP contribution in [0, 0.1) is 12.8 Å². The van der Waals surface area contributed by atoms with Crippen molar-refractivity contribution in [3.8, 4) is 5.75 Å². The Kier molecular flexibility index (Phi) is 5.68. The smallest absolute Gasteiger partial charge is 0.198 e. The van der Waals surface area contributed by atoms with Gasteiger partial charge < -0.3 is 19.4 Å². The number of aromatic nitrogens is 1. The van der Waals surface area contributed by atoms with Gasteiger partial charge in [0.25, 0.3) is 0 Å². The zero-order chi connectivity index (χ0) is 18.8. The van der Waals surface area contributed by atoms with E-state index in [9.17, 15) is 4.79 Å². The Bertz CT molecular complexity index is 818. The molecule has 1 aromatic heterocycles. The van der Waals surface area contributed by atoms with E-state index >= 15 is 0 Å². The summed E-state index contributed by atoms with van der Waals surface area (Å²) >= 11 is 0. The molecule has 5 nitrogen and oxygen atoms in total. The summed E-state index contributed by atoms with van der Waals surface area (Å²) in [5.74, 6) is 1.21. The maximum atomic E-state index is 13.2. The van der Waals surface area contributed by atoms with E-state index in [0.29, 0.717) is 17.9 Å². The minimum atomic E-state index is 0.116. The average Bonchev–Trinajstić information content (AvgIpc) is 2.56. The van der Waals surface area contributed by atoms with Crippen LogP contribution in [-0.2, 0) is 11.3 Å². The number of aryl methyl sites for hydroxylation is 1. The van der Waals surface area contributed by atoms with Crippen LogP contribution in [0.3, 0.4) is 0 Å². The number of hydrogen-bond donors (Lipinski definition) is 2. The van der Waals surface area contributed by atoms with E-state index in [2.05, 4.69) is 32.7 Å². The quantitative estimate of drug-likeness (QED) is 0.859. The molecule has 3 rings (SSSR count). The Morgan fingerprint density at radius 1 is 1.27 bits per heavy atom. The number of rotatable bonds is 5. The molecule has 0 unspecified atom stereocenters. The lowest BCUT2D eigenvalue weighted by atomic mass is 10.1. The molecule has 0 aliphatic carbocycles. The van der Waals surface area contributed by atoms with Gasteiger partial charge in [0.15, 0.2) is 5.43 Å². The lowest BCUT2D eigenvalue weighted by Crippen LogP contribution is -3.14. The Hall–Kier alpha value is -1.85. The van der Waals surface area contributed by atoms with E-state index in [1.165, 1.54) is 4.90 Å². The van der Waals surface area contributed by atoms with Crippen molar-refractivity contribution in [3.05, 3.63) is 39.7 Å². The van der Waals surface area contributed by atoms with Crippen molar-refractivity contribution >= 4 is 10.9 Å². The number of H-pyrrole nitrogens is 1. The number of quaternary nitrogens is 1. The van der Waals surface area contributed by atoms with Gasteiger partial charge in [-0.1, -0.05) is 13.8 Å². The van der Waals surface area contributed by atoms with Crippen molar-refractivity contribution < 1.29 is 14.4 Å². The molecule has 0 bridgehead atoms. The molecule has 5 heteroatoms. The largest absolute Gasteiger partial charge is 0.493 e. The van der Waals surface area contributed by atoms with E-state index < -0.39 is 0 Å². The van der Waals surface area contributed by atoms with Crippen molar-refractivity contribution in [2.75, 3.05) is 19.7 Å². The molecule has 0 amide bonds. The summed E-state index contributed by atoms with van der Waals surface area (Å²) in [4.78, 5) is 18.0. The standard InChI is InChI=1S/C21H30N2O3/c1-13(2)12-25-17-6-7-20-18(8-17)21(24)19(16(5)22-20)11-23-9-14(3)26-15(4)10-23/h6-8,13-15H,9-12H2,1-5H3,(H,22,24)/p+1/t14-,15-/m1/s1. The molecule has 2 atom stereocenters. The number of fused-ring (bicyclic) bond motifs is 1. The van der Waals surface area contributed by atoms with Crippen molar-refractivity contribution in [2.45, 2.75) is 53.4 Å². The van der Waals surface area contributed by atoms with Gasteiger partial charge in [0.2, 0.25) is 0 Å². The third kappa shape index (κ3) is 4.27. The zero-order valence-corrected chi connectivity index (χ0v) is 16.5. The maximum Gasteiger partial charge on any atom is 0.198 e. The first-order valence-corrected chi connectivity index (χ1v) is 9.60. The molecule has 2 aromatic rings.